The van der Waals surface area contributed by atoms with Gasteiger partial charge in [0.2, 0.25) is 0 Å². The van der Waals surface area contributed by atoms with E-state index in [1.807, 2.05) is 0 Å². The van der Waals surface area contributed by atoms with Crippen LogP contribution in [-0.4, -0.2) is 16.7 Å². The van der Waals surface area contributed by atoms with E-state index < -0.39 is 16.7 Å². The number of carbonyl (C=O) groups is 2. The van der Waals surface area contributed by atoms with Crippen molar-refractivity contribution in [1.29, 1.82) is 0 Å². The van der Waals surface area contributed by atoms with Gasteiger partial charge >= 0.3 is 0 Å². The van der Waals surface area contributed by atoms with Crippen molar-refractivity contribution in [2.75, 3.05) is 0 Å². The highest BCUT2D eigenvalue weighted by molar-refractivity contribution is 7.99. The van der Waals surface area contributed by atoms with Gasteiger partial charge in [-0.3, -0.25) is 30.6 Å². The maximum absolute atomic E-state index is 12.7. The van der Waals surface area contributed by atoms with Crippen molar-refractivity contribution in [2.24, 2.45) is 0 Å². The highest BCUT2D eigenvalue weighted by Gasteiger charge is 2.19. The smallest absolute Gasteiger partial charge is 0.267 e. The fourth-order valence-corrected chi connectivity index (χ4v) is 3.65. The second-order valence-electron chi connectivity index (χ2n) is 6.22. The average Bonchev–Trinajstić information content (AvgIpc) is 2.74. The quantitative estimate of drug-likeness (QED) is 0.438. The minimum absolute atomic E-state index is 0.0641. The molecule has 0 fully saturated rings. The largest absolute Gasteiger partial charge is 0.271 e. The van der Waals surface area contributed by atoms with Gasteiger partial charge in [-0.05, 0) is 48.9 Å². The lowest BCUT2D eigenvalue weighted by molar-refractivity contribution is -0.384. The number of carbonyl (C=O) groups excluding carboxylic acids is 2. The molecule has 2 N–H and O–H groups in total. The van der Waals surface area contributed by atoms with Gasteiger partial charge < -0.3 is 0 Å². The number of rotatable bonds is 5. The maximum atomic E-state index is 12.7. The Labute approximate surface area is 181 Å². The average molecular weight is 442 g/mol. The van der Waals surface area contributed by atoms with E-state index in [4.69, 9.17) is 11.6 Å². The second-order valence-corrected chi connectivity index (χ2v) is 7.77. The van der Waals surface area contributed by atoms with Crippen LogP contribution in [0.3, 0.4) is 0 Å². The first-order valence-corrected chi connectivity index (χ1v) is 9.93. The van der Waals surface area contributed by atoms with Crippen molar-refractivity contribution in [3.8, 4) is 0 Å². The third-order valence-corrected chi connectivity index (χ3v) is 5.48. The zero-order chi connectivity index (χ0) is 21.7. The molecule has 152 valence electrons. The summed E-state index contributed by atoms with van der Waals surface area (Å²) < 4.78 is 0. The molecule has 0 aliphatic rings. The van der Waals surface area contributed by atoms with E-state index in [1.165, 1.54) is 30.0 Å². The molecule has 7 nitrogen and oxygen atoms in total. The molecular formula is C21H16ClN3O4S. The summed E-state index contributed by atoms with van der Waals surface area (Å²) in [5.74, 6) is -1.16. The summed E-state index contributed by atoms with van der Waals surface area (Å²) in [5, 5.41) is 11.7. The Kier molecular flexibility index (Phi) is 6.71. The van der Waals surface area contributed by atoms with E-state index in [0.29, 0.717) is 15.5 Å². The Balaban J connectivity index is 1.82. The summed E-state index contributed by atoms with van der Waals surface area (Å²) in [7, 11) is 0. The van der Waals surface area contributed by atoms with Gasteiger partial charge in [-0.25, -0.2) is 0 Å². The van der Waals surface area contributed by atoms with Gasteiger partial charge in [-0.15, -0.1) is 0 Å². The Morgan fingerprint density at radius 2 is 1.57 bits per heavy atom. The van der Waals surface area contributed by atoms with Crippen LogP contribution in [0.4, 0.5) is 5.69 Å². The Bertz CT molecular complexity index is 1120. The molecule has 30 heavy (non-hydrogen) atoms. The molecule has 0 atom stereocenters. The van der Waals surface area contributed by atoms with E-state index in [1.54, 1.807) is 55.5 Å². The second kappa shape index (κ2) is 9.43. The highest BCUT2D eigenvalue weighted by atomic mass is 35.5. The van der Waals surface area contributed by atoms with Gasteiger partial charge in [0.15, 0.2) is 0 Å². The predicted molar refractivity (Wildman–Crippen MR) is 115 cm³/mol. The van der Waals surface area contributed by atoms with Crippen LogP contribution in [0.2, 0.25) is 5.02 Å². The molecule has 0 spiro atoms. The summed E-state index contributed by atoms with van der Waals surface area (Å²) in [5.41, 5.74) is 5.67. The van der Waals surface area contributed by atoms with Gasteiger partial charge in [0.25, 0.3) is 17.5 Å². The van der Waals surface area contributed by atoms with E-state index >= 15 is 0 Å². The summed E-state index contributed by atoms with van der Waals surface area (Å²) >= 11 is 7.15. The monoisotopic (exact) mass is 441 g/mol. The first kappa shape index (κ1) is 21.4. The van der Waals surface area contributed by atoms with E-state index in [9.17, 15) is 19.7 Å². The number of hydrogen-bond acceptors (Lipinski definition) is 5. The van der Waals surface area contributed by atoms with E-state index in [2.05, 4.69) is 10.9 Å². The molecular weight excluding hydrogens is 426 g/mol. The number of aryl methyl sites for hydroxylation is 1. The fraction of sp³-hybridized carbons (Fsp3) is 0.0476. The molecule has 0 aromatic heterocycles. The van der Waals surface area contributed by atoms with Crippen molar-refractivity contribution >= 4 is 40.9 Å². The van der Waals surface area contributed by atoms with Crippen LogP contribution in [0, 0.1) is 17.0 Å². The Morgan fingerprint density at radius 1 is 0.933 bits per heavy atom. The minimum atomic E-state index is -0.669. The number of benzene rings is 3. The van der Waals surface area contributed by atoms with Crippen LogP contribution in [0.25, 0.3) is 0 Å². The Hall–Kier alpha value is -3.36. The molecule has 0 heterocycles. The Morgan fingerprint density at radius 3 is 2.20 bits per heavy atom. The number of hydrazine groups is 1. The molecule has 0 radical (unpaired) electrons. The lowest BCUT2D eigenvalue weighted by Gasteiger charge is -2.12. The maximum Gasteiger partial charge on any atom is 0.271 e. The zero-order valence-corrected chi connectivity index (χ0v) is 17.3. The third kappa shape index (κ3) is 5.16. The number of amides is 2. The number of nitrogens with one attached hydrogen (secondary N) is 2. The van der Waals surface area contributed by atoms with Crippen molar-refractivity contribution in [2.45, 2.75) is 16.7 Å². The number of nitrogens with zero attached hydrogens (tertiary/aromatic N) is 1. The molecule has 0 unspecified atom stereocenters. The van der Waals surface area contributed by atoms with E-state index in [0.717, 1.165) is 10.5 Å². The van der Waals surface area contributed by atoms with E-state index in [-0.39, 0.29) is 11.3 Å². The van der Waals surface area contributed by atoms with Gasteiger partial charge in [0, 0.05) is 32.5 Å². The first-order valence-electron chi connectivity index (χ1n) is 8.73. The van der Waals surface area contributed by atoms with Crippen LogP contribution < -0.4 is 10.9 Å². The van der Waals surface area contributed by atoms with Crippen molar-refractivity contribution in [3.63, 3.8) is 0 Å². The van der Waals surface area contributed by atoms with Crippen molar-refractivity contribution in [1.82, 2.24) is 10.9 Å². The number of halogens is 1. The van der Waals surface area contributed by atoms with Crippen LogP contribution in [0.15, 0.2) is 76.5 Å². The number of non-ortho nitro benzene ring substituents is 1. The van der Waals surface area contributed by atoms with Gasteiger partial charge in [-0.1, -0.05) is 41.6 Å². The predicted octanol–water partition coefficient (Wildman–Crippen LogP) is 4.78. The molecule has 0 aliphatic carbocycles. The standard InChI is InChI=1S/C21H16ClN3O4S/c1-13-4-2-3-5-17(13)20(26)23-24-21(27)18-12-15(25(28)29)8-11-19(18)30-16-9-6-14(22)7-10-16/h2-12H,1H3,(H,23,26)(H,24,27). The molecule has 0 saturated carbocycles. The summed E-state index contributed by atoms with van der Waals surface area (Å²) in [6, 6.07) is 17.9. The summed E-state index contributed by atoms with van der Waals surface area (Å²) in [6.45, 7) is 1.78. The molecule has 0 aliphatic heterocycles. The van der Waals surface area contributed by atoms with Crippen LogP contribution in [0.1, 0.15) is 26.3 Å². The lowest BCUT2D eigenvalue weighted by Crippen LogP contribution is -2.42. The van der Waals surface area contributed by atoms with Crippen LogP contribution in [-0.2, 0) is 0 Å². The fourth-order valence-electron chi connectivity index (χ4n) is 2.60. The summed E-state index contributed by atoms with van der Waals surface area (Å²) in [4.78, 5) is 36.9. The zero-order valence-electron chi connectivity index (χ0n) is 15.7. The molecule has 9 heteroatoms. The molecule has 3 aromatic carbocycles. The lowest BCUT2D eigenvalue weighted by atomic mass is 10.1. The SMILES string of the molecule is Cc1ccccc1C(=O)NNC(=O)c1cc([N+](=O)[O-])ccc1Sc1ccc(Cl)cc1. The molecule has 0 saturated heterocycles. The van der Waals surface area contributed by atoms with Crippen molar-refractivity contribution < 1.29 is 14.5 Å². The van der Waals surface area contributed by atoms with Crippen molar-refractivity contribution in [3.05, 3.63) is 98.6 Å². The van der Waals surface area contributed by atoms with Crippen LogP contribution in [0.5, 0.6) is 0 Å². The van der Waals surface area contributed by atoms with Gasteiger partial charge in [0.05, 0.1) is 10.5 Å². The number of nitro benzene ring substituents is 1. The van der Waals surface area contributed by atoms with Crippen LogP contribution >= 0.6 is 23.4 Å². The number of hydrogen-bond donors (Lipinski definition) is 2. The highest BCUT2D eigenvalue weighted by Crippen LogP contribution is 2.33. The van der Waals surface area contributed by atoms with Gasteiger partial charge in [0.1, 0.15) is 0 Å². The molecule has 2 amide bonds. The molecule has 3 rings (SSSR count). The number of nitro groups is 1. The third-order valence-electron chi connectivity index (χ3n) is 4.14. The minimum Gasteiger partial charge on any atom is -0.267 e. The summed E-state index contributed by atoms with van der Waals surface area (Å²) in [6.07, 6.45) is 0. The first-order chi connectivity index (χ1) is 14.3. The van der Waals surface area contributed by atoms with Gasteiger partial charge in [-0.2, -0.15) is 0 Å². The normalized spacial score (nSPS) is 10.3. The molecule has 0 bridgehead atoms. The topological polar surface area (TPSA) is 101 Å². The molecule has 3 aromatic rings.